The highest BCUT2D eigenvalue weighted by atomic mass is 32.2. The summed E-state index contributed by atoms with van der Waals surface area (Å²) in [5.41, 5.74) is 8.23. The number of aromatic amines is 2. The van der Waals surface area contributed by atoms with Crippen LogP contribution >= 0.6 is 0 Å². The summed E-state index contributed by atoms with van der Waals surface area (Å²) < 4.78 is 38.0. The quantitative estimate of drug-likeness (QED) is 0.165. The number of benzene rings is 2. The van der Waals surface area contributed by atoms with Gasteiger partial charge in [-0.05, 0) is 84.8 Å². The van der Waals surface area contributed by atoms with Gasteiger partial charge in [-0.15, -0.1) is 0 Å². The van der Waals surface area contributed by atoms with Crippen LogP contribution in [0.1, 0.15) is 36.8 Å². The average Bonchev–Trinajstić information content (AvgIpc) is 3.79. The molecule has 1 aliphatic rings. The molecule has 0 spiro atoms. The molecule has 2 aromatic carbocycles. The second-order valence-corrected chi connectivity index (χ2v) is 14.3. The fourth-order valence-electron chi connectivity index (χ4n) is 6.22. The largest absolute Gasteiger partial charge is 0.336 e. The Hall–Kier alpha value is -4.48. The van der Waals surface area contributed by atoms with Gasteiger partial charge in [0.1, 0.15) is 21.2 Å². The van der Waals surface area contributed by atoms with Crippen LogP contribution in [-0.2, 0) is 22.8 Å². The van der Waals surface area contributed by atoms with Crippen molar-refractivity contribution in [3.8, 4) is 33.9 Å². The molecule has 4 aromatic heterocycles. The van der Waals surface area contributed by atoms with E-state index in [0.29, 0.717) is 33.7 Å². The highest BCUT2D eigenvalue weighted by Crippen LogP contribution is 2.33. The standard InChI is InChI=1S/C34H34FN7O2S/c1-45(43,44)12-11-22-13-24(16-26(35)15-22)27-7-4-8-29-31(27)40-34(39-29)33-32-30(41-42-33)10-9-28(38-32)25-14-23(19-37-20-25)18-36-17-21-5-2-3-6-21/h4,7-10,13-16,19-21,36H,2-3,5-6,11-12,17-18H2,1H3,(H,39,40)(H,41,42). The minimum Gasteiger partial charge on any atom is -0.336 e. The summed E-state index contributed by atoms with van der Waals surface area (Å²) in [5, 5.41) is 11.2. The number of sulfone groups is 1. The highest BCUT2D eigenvalue weighted by Gasteiger charge is 2.18. The first-order valence-electron chi connectivity index (χ1n) is 15.3. The predicted octanol–water partition coefficient (Wildman–Crippen LogP) is 6.24. The predicted molar refractivity (Wildman–Crippen MR) is 175 cm³/mol. The van der Waals surface area contributed by atoms with E-state index < -0.39 is 15.7 Å². The summed E-state index contributed by atoms with van der Waals surface area (Å²) in [6.07, 6.45) is 10.4. The molecule has 1 saturated carbocycles. The second-order valence-electron chi connectivity index (χ2n) is 12.0. The third-order valence-electron chi connectivity index (χ3n) is 8.50. The summed E-state index contributed by atoms with van der Waals surface area (Å²) >= 11 is 0. The Morgan fingerprint density at radius 3 is 2.62 bits per heavy atom. The van der Waals surface area contributed by atoms with Crippen molar-refractivity contribution in [2.75, 3.05) is 18.6 Å². The molecule has 4 heterocycles. The van der Waals surface area contributed by atoms with Gasteiger partial charge in [-0.2, -0.15) is 5.10 Å². The van der Waals surface area contributed by atoms with Crippen LogP contribution in [-0.4, -0.2) is 57.1 Å². The summed E-state index contributed by atoms with van der Waals surface area (Å²) in [4.78, 5) is 17.7. The molecule has 6 aromatic rings. The van der Waals surface area contributed by atoms with Gasteiger partial charge in [-0.1, -0.05) is 31.0 Å². The number of nitrogens with one attached hydrogen (secondary N) is 3. The minimum absolute atomic E-state index is 0.0501. The molecular weight excluding hydrogens is 589 g/mol. The number of H-pyrrole nitrogens is 2. The third-order valence-corrected chi connectivity index (χ3v) is 9.45. The van der Waals surface area contributed by atoms with Crippen LogP contribution in [0.5, 0.6) is 0 Å². The van der Waals surface area contributed by atoms with Gasteiger partial charge in [-0.25, -0.2) is 22.8 Å². The Balaban J connectivity index is 1.19. The SMILES string of the molecule is CS(=O)(=O)CCc1cc(F)cc(-c2cccc3[nH]c(-c4n[nH]c5ccc(-c6cncc(CNCC7CCCC7)c6)nc45)nc23)c1. The number of fused-ring (bicyclic) bond motifs is 2. The zero-order valence-corrected chi connectivity index (χ0v) is 25.8. The molecule has 7 rings (SSSR count). The van der Waals surface area contributed by atoms with Crippen LogP contribution in [0.15, 0.2) is 67.0 Å². The van der Waals surface area contributed by atoms with Gasteiger partial charge in [0.05, 0.1) is 28.0 Å². The van der Waals surface area contributed by atoms with E-state index in [-0.39, 0.29) is 12.2 Å². The molecule has 45 heavy (non-hydrogen) atoms. The zero-order valence-electron chi connectivity index (χ0n) is 25.0. The van der Waals surface area contributed by atoms with Crippen LogP contribution in [0.25, 0.3) is 56.0 Å². The minimum atomic E-state index is -3.18. The number of hydrogen-bond acceptors (Lipinski definition) is 7. The number of pyridine rings is 2. The van der Waals surface area contributed by atoms with Crippen molar-refractivity contribution in [1.29, 1.82) is 0 Å². The van der Waals surface area contributed by atoms with Gasteiger partial charge in [0, 0.05) is 36.3 Å². The number of rotatable bonds is 10. The van der Waals surface area contributed by atoms with Crippen molar-refractivity contribution in [3.63, 3.8) is 0 Å². The Labute approximate surface area is 260 Å². The van der Waals surface area contributed by atoms with Gasteiger partial charge in [0.15, 0.2) is 11.5 Å². The lowest BCUT2D eigenvalue weighted by atomic mass is 10.0. The molecule has 0 aliphatic heterocycles. The lowest BCUT2D eigenvalue weighted by Crippen LogP contribution is -2.20. The number of imidazole rings is 1. The van der Waals surface area contributed by atoms with Crippen LogP contribution in [0.3, 0.4) is 0 Å². The fourth-order valence-corrected chi connectivity index (χ4v) is 6.82. The van der Waals surface area contributed by atoms with Gasteiger partial charge in [-0.3, -0.25) is 10.1 Å². The molecule has 0 bridgehead atoms. The van der Waals surface area contributed by atoms with Gasteiger partial charge in [0.25, 0.3) is 0 Å². The lowest BCUT2D eigenvalue weighted by Gasteiger charge is -2.11. The first-order chi connectivity index (χ1) is 21.8. The smallest absolute Gasteiger partial charge is 0.161 e. The van der Waals surface area contributed by atoms with Crippen molar-refractivity contribution in [2.45, 2.75) is 38.6 Å². The molecule has 0 unspecified atom stereocenters. The van der Waals surface area contributed by atoms with Crippen LogP contribution in [0.4, 0.5) is 4.39 Å². The summed E-state index contributed by atoms with van der Waals surface area (Å²) in [6.45, 7) is 1.80. The number of aromatic nitrogens is 6. The van der Waals surface area contributed by atoms with Crippen LogP contribution in [0, 0.1) is 11.7 Å². The maximum Gasteiger partial charge on any atom is 0.161 e. The normalized spacial score (nSPS) is 14.2. The van der Waals surface area contributed by atoms with Gasteiger partial charge in [0.2, 0.25) is 0 Å². The number of para-hydroxylation sites is 1. The Kier molecular flexibility index (Phi) is 7.88. The monoisotopic (exact) mass is 623 g/mol. The molecule has 1 aliphatic carbocycles. The fraction of sp³-hybridized carbons (Fsp3) is 0.294. The first kappa shape index (κ1) is 29.2. The van der Waals surface area contributed by atoms with Crippen molar-refractivity contribution >= 4 is 31.9 Å². The molecule has 3 N–H and O–H groups in total. The van der Waals surface area contributed by atoms with E-state index in [2.05, 4.69) is 31.5 Å². The van der Waals surface area contributed by atoms with Gasteiger partial charge >= 0.3 is 0 Å². The number of hydrogen-bond donors (Lipinski definition) is 3. The van der Waals surface area contributed by atoms with E-state index >= 15 is 0 Å². The van der Waals surface area contributed by atoms with E-state index in [1.807, 2.05) is 48.8 Å². The maximum atomic E-state index is 14.7. The summed E-state index contributed by atoms with van der Waals surface area (Å²) in [5.74, 6) is 0.829. The highest BCUT2D eigenvalue weighted by molar-refractivity contribution is 7.90. The van der Waals surface area contributed by atoms with E-state index in [0.717, 1.165) is 52.4 Å². The van der Waals surface area contributed by atoms with Crippen molar-refractivity contribution < 1.29 is 12.8 Å². The molecule has 1 fully saturated rings. The van der Waals surface area contributed by atoms with E-state index in [9.17, 15) is 12.8 Å². The Bertz CT molecular complexity index is 2120. The third kappa shape index (κ3) is 6.50. The first-order valence-corrected chi connectivity index (χ1v) is 17.3. The Morgan fingerprint density at radius 2 is 1.78 bits per heavy atom. The molecule has 0 amide bonds. The maximum absolute atomic E-state index is 14.7. The number of nitrogens with zero attached hydrogens (tertiary/aromatic N) is 4. The lowest BCUT2D eigenvalue weighted by molar-refractivity contribution is 0.489. The molecule has 0 saturated heterocycles. The van der Waals surface area contributed by atoms with Crippen LogP contribution in [0.2, 0.25) is 0 Å². The molecule has 0 radical (unpaired) electrons. The van der Waals surface area contributed by atoms with Gasteiger partial charge < -0.3 is 10.3 Å². The average molecular weight is 624 g/mol. The molecule has 230 valence electrons. The zero-order chi connectivity index (χ0) is 31.0. The second kappa shape index (κ2) is 12.1. The molecule has 0 atom stereocenters. The van der Waals surface area contributed by atoms with E-state index in [1.165, 1.54) is 44.1 Å². The molecule has 11 heteroatoms. The number of halogens is 1. The topological polar surface area (TPSA) is 129 Å². The summed E-state index contributed by atoms with van der Waals surface area (Å²) in [7, 11) is -3.18. The van der Waals surface area contributed by atoms with Crippen molar-refractivity contribution in [3.05, 3.63) is 83.9 Å². The van der Waals surface area contributed by atoms with Crippen molar-refractivity contribution in [2.24, 2.45) is 5.92 Å². The van der Waals surface area contributed by atoms with E-state index in [1.54, 1.807) is 0 Å². The van der Waals surface area contributed by atoms with Crippen molar-refractivity contribution in [1.82, 2.24) is 35.5 Å². The summed E-state index contributed by atoms with van der Waals surface area (Å²) in [6, 6.07) is 16.3. The number of aryl methyl sites for hydroxylation is 1. The van der Waals surface area contributed by atoms with Crippen LogP contribution < -0.4 is 5.32 Å². The molecular formula is C34H34FN7O2S. The van der Waals surface area contributed by atoms with E-state index in [4.69, 9.17) is 9.97 Å². The molecule has 9 nitrogen and oxygen atoms in total. The Morgan fingerprint density at radius 1 is 0.933 bits per heavy atom.